The lowest BCUT2D eigenvalue weighted by molar-refractivity contribution is 0.120. The largest absolute Gasteiger partial charge is 0.399 e. The van der Waals surface area contributed by atoms with Crippen molar-refractivity contribution in [1.29, 1.82) is 0 Å². The molecule has 1 aromatic rings. The Morgan fingerprint density at radius 1 is 1.26 bits per heavy atom. The Morgan fingerprint density at radius 3 is 2.79 bits per heavy atom. The van der Waals surface area contributed by atoms with E-state index in [1.165, 1.54) is 30.8 Å². The Kier molecular flexibility index (Phi) is 2.97. The van der Waals surface area contributed by atoms with Gasteiger partial charge < -0.3 is 10.6 Å². The Labute approximate surface area is 116 Å². The van der Waals surface area contributed by atoms with Gasteiger partial charge >= 0.3 is 0 Å². The number of nitrogen functional groups attached to an aromatic ring is 1. The number of piperazine rings is 1. The zero-order valence-electron chi connectivity index (χ0n) is 12.3. The van der Waals surface area contributed by atoms with Crippen molar-refractivity contribution in [3.63, 3.8) is 0 Å². The predicted octanol–water partition coefficient (Wildman–Crippen LogP) is 2.36. The third-order valence-electron chi connectivity index (χ3n) is 4.19. The molecule has 3 nitrogen and oxygen atoms in total. The van der Waals surface area contributed by atoms with Crippen LogP contribution in [0.15, 0.2) is 18.2 Å². The van der Waals surface area contributed by atoms with Crippen molar-refractivity contribution in [3.8, 4) is 0 Å². The van der Waals surface area contributed by atoms with Crippen molar-refractivity contribution in [2.75, 3.05) is 36.8 Å². The van der Waals surface area contributed by atoms with Crippen molar-refractivity contribution in [2.45, 2.75) is 33.2 Å². The first kappa shape index (κ1) is 12.8. The van der Waals surface area contributed by atoms with Gasteiger partial charge in [0.25, 0.3) is 0 Å². The van der Waals surface area contributed by atoms with E-state index < -0.39 is 0 Å². The van der Waals surface area contributed by atoms with Crippen LogP contribution in [0.5, 0.6) is 0 Å². The molecule has 1 unspecified atom stereocenters. The Balaban J connectivity index is 1.83. The molecular formula is C16H25N3. The van der Waals surface area contributed by atoms with E-state index in [1.807, 2.05) is 6.07 Å². The molecule has 0 aromatic heterocycles. The molecule has 0 spiro atoms. The van der Waals surface area contributed by atoms with Crippen molar-refractivity contribution in [2.24, 2.45) is 5.41 Å². The second-order valence-corrected chi connectivity index (χ2v) is 7.22. The molecule has 104 valence electrons. The maximum Gasteiger partial charge on any atom is 0.0421 e. The minimum atomic E-state index is 0.379. The molecular weight excluding hydrogens is 234 g/mol. The highest BCUT2D eigenvalue weighted by Gasteiger charge is 2.34. The molecule has 1 aromatic carbocycles. The smallest absolute Gasteiger partial charge is 0.0421 e. The molecule has 2 heterocycles. The van der Waals surface area contributed by atoms with Crippen LogP contribution < -0.4 is 10.6 Å². The van der Waals surface area contributed by atoms with E-state index in [4.69, 9.17) is 5.73 Å². The van der Waals surface area contributed by atoms with Gasteiger partial charge in [-0.3, -0.25) is 4.90 Å². The van der Waals surface area contributed by atoms with Crippen LogP contribution in [0.25, 0.3) is 0 Å². The van der Waals surface area contributed by atoms with E-state index >= 15 is 0 Å². The van der Waals surface area contributed by atoms with Crippen molar-refractivity contribution in [3.05, 3.63) is 23.8 Å². The zero-order valence-corrected chi connectivity index (χ0v) is 12.3. The van der Waals surface area contributed by atoms with Crippen LogP contribution in [-0.2, 0) is 6.42 Å². The van der Waals surface area contributed by atoms with E-state index in [9.17, 15) is 0 Å². The monoisotopic (exact) mass is 259 g/mol. The summed E-state index contributed by atoms with van der Waals surface area (Å²) in [6, 6.07) is 7.06. The molecule has 3 rings (SSSR count). The van der Waals surface area contributed by atoms with E-state index in [-0.39, 0.29) is 0 Å². The fraction of sp³-hybridized carbons (Fsp3) is 0.625. The minimum Gasteiger partial charge on any atom is -0.399 e. The van der Waals surface area contributed by atoms with Crippen LogP contribution in [0.3, 0.4) is 0 Å². The maximum absolute atomic E-state index is 5.92. The first-order valence-electron chi connectivity index (χ1n) is 7.30. The molecule has 0 saturated carbocycles. The average Bonchev–Trinajstić information content (AvgIpc) is 2.32. The standard InChI is InChI=1S/C16H25N3/c1-16(2,3)11-19-7-6-18-10-14(19)8-12-4-5-13(17)9-15(12)18/h4-5,9,14H,6-8,10-11,17H2,1-3H3. The summed E-state index contributed by atoms with van der Waals surface area (Å²) >= 11 is 0. The van der Waals surface area contributed by atoms with Crippen molar-refractivity contribution >= 4 is 11.4 Å². The molecule has 2 bridgehead atoms. The molecule has 1 atom stereocenters. The highest BCUT2D eigenvalue weighted by Crippen LogP contribution is 2.34. The molecule has 1 saturated heterocycles. The lowest BCUT2D eigenvalue weighted by Gasteiger charge is -2.48. The van der Waals surface area contributed by atoms with Gasteiger partial charge in [-0.05, 0) is 29.5 Å². The molecule has 0 amide bonds. The van der Waals surface area contributed by atoms with Crippen molar-refractivity contribution in [1.82, 2.24) is 4.90 Å². The van der Waals surface area contributed by atoms with E-state index in [1.54, 1.807) is 0 Å². The number of hydrogen-bond donors (Lipinski definition) is 1. The van der Waals surface area contributed by atoms with Gasteiger partial charge in [-0.2, -0.15) is 0 Å². The first-order valence-corrected chi connectivity index (χ1v) is 7.30. The van der Waals surface area contributed by atoms with Crippen molar-refractivity contribution < 1.29 is 0 Å². The Morgan fingerprint density at radius 2 is 2.05 bits per heavy atom. The lowest BCUT2D eigenvalue weighted by atomic mass is 9.90. The minimum absolute atomic E-state index is 0.379. The zero-order chi connectivity index (χ0) is 13.6. The first-order chi connectivity index (χ1) is 8.92. The second kappa shape index (κ2) is 4.41. The molecule has 2 N–H and O–H groups in total. The van der Waals surface area contributed by atoms with E-state index in [2.05, 4.69) is 42.7 Å². The number of fused-ring (bicyclic) bond motifs is 4. The average molecular weight is 259 g/mol. The quantitative estimate of drug-likeness (QED) is 0.786. The normalized spacial score (nSPS) is 23.3. The van der Waals surface area contributed by atoms with Crippen LogP contribution >= 0.6 is 0 Å². The third-order valence-corrected chi connectivity index (χ3v) is 4.19. The van der Waals surface area contributed by atoms with Crippen LogP contribution in [-0.4, -0.2) is 37.1 Å². The molecule has 2 aliphatic rings. The molecule has 1 fully saturated rings. The van der Waals surface area contributed by atoms with Gasteiger partial charge in [-0.15, -0.1) is 0 Å². The summed E-state index contributed by atoms with van der Waals surface area (Å²) in [5.74, 6) is 0. The van der Waals surface area contributed by atoms with Gasteiger partial charge in [0.15, 0.2) is 0 Å². The number of nitrogens with zero attached hydrogens (tertiary/aromatic N) is 2. The summed E-state index contributed by atoms with van der Waals surface area (Å²) < 4.78 is 0. The predicted molar refractivity (Wildman–Crippen MR) is 81.6 cm³/mol. The van der Waals surface area contributed by atoms with E-state index in [0.717, 1.165) is 18.8 Å². The SMILES string of the molecule is CC(C)(C)CN1CCN2CC1Cc1ccc(N)cc12. The van der Waals surface area contributed by atoms with Gasteiger partial charge in [0, 0.05) is 43.6 Å². The lowest BCUT2D eigenvalue weighted by Crippen LogP contribution is -2.58. The van der Waals surface area contributed by atoms with E-state index in [0.29, 0.717) is 11.5 Å². The van der Waals surface area contributed by atoms with Crippen LogP contribution in [0, 0.1) is 5.41 Å². The second-order valence-electron chi connectivity index (χ2n) is 7.22. The number of benzene rings is 1. The van der Waals surface area contributed by atoms with Gasteiger partial charge in [0.05, 0.1) is 0 Å². The molecule has 0 radical (unpaired) electrons. The number of anilines is 2. The van der Waals surface area contributed by atoms with Gasteiger partial charge in [-0.25, -0.2) is 0 Å². The Hall–Kier alpha value is -1.22. The van der Waals surface area contributed by atoms with Gasteiger partial charge in [0.1, 0.15) is 0 Å². The van der Waals surface area contributed by atoms with Gasteiger partial charge in [0.2, 0.25) is 0 Å². The third kappa shape index (κ3) is 2.57. The number of rotatable bonds is 1. The fourth-order valence-corrected chi connectivity index (χ4v) is 3.42. The fourth-order valence-electron chi connectivity index (χ4n) is 3.42. The summed E-state index contributed by atoms with van der Waals surface area (Å²) in [4.78, 5) is 5.19. The highest BCUT2D eigenvalue weighted by atomic mass is 15.3. The maximum atomic E-state index is 5.92. The molecule has 0 aliphatic carbocycles. The van der Waals surface area contributed by atoms with Gasteiger partial charge in [-0.1, -0.05) is 26.8 Å². The summed E-state index contributed by atoms with van der Waals surface area (Å²) in [5, 5.41) is 0. The molecule has 2 aliphatic heterocycles. The van der Waals surface area contributed by atoms with Crippen LogP contribution in [0.1, 0.15) is 26.3 Å². The Bertz CT molecular complexity index is 475. The summed E-state index contributed by atoms with van der Waals surface area (Å²) in [5.41, 5.74) is 10.0. The molecule has 19 heavy (non-hydrogen) atoms. The molecule has 3 heteroatoms. The summed E-state index contributed by atoms with van der Waals surface area (Å²) in [6.45, 7) is 11.6. The number of nitrogens with two attached hydrogens (primary N) is 1. The number of hydrogen-bond acceptors (Lipinski definition) is 3. The summed E-state index contributed by atoms with van der Waals surface area (Å²) in [7, 11) is 0. The summed E-state index contributed by atoms with van der Waals surface area (Å²) in [6.07, 6.45) is 1.17. The highest BCUT2D eigenvalue weighted by molar-refractivity contribution is 5.63. The topological polar surface area (TPSA) is 32.5 Å². The van der Waals surface area contributed by atoms with Crippen LogP contribution in [0.2, 0.25) is 0 Å². The van der Waals surface area contributed by atoms with Crippen LogP contribution in [0.4, 0.5) is 11.4 Å².